The minimum Gasteiger partial charge on any atom is -0.401 e. The summed E-state index contributed by atoms with van der Waals surface area (Å²) in [5, 5.41) is 12.6. The standard InChI is InChI=1S/C14H7ClN2O4S/c15-9-6-8(3-4-11(9)17(19)20)7-10-14(18)21-13(16-10)12-2-1-5-22-12/h1-7H/b10-7+. The SMILES string of the molecule is O=C1OC(c2cccs2)=N/C1=C/c1ccc([N+](=O)[O-])c(Cl)c1. The number of rotatable bonds is 3. The van der Waals surface area contributed by atoms with Gasteiger partial charge in [-0.25, -0.2) is 9.79 Å². The molecule has 2 heterocycles. The van der Waals surface area contributed by atoms with Gasteiger partial charge in [0, 0.05) is 6.07 Å². The molecule has 0 bridgehead atoms. The predicted molar refractivity (Wildman–Crippen MR) is 83.0 cm³/mol. The zero-order valence-electron chi connectivity index (χ0n) is 10.9. The van der Waals surface area contributed by atoms with Crippen molar-refractivity contribution < 1.29 is 14.5 Å². The zero-order chi connectivity index (χ0) is 15.7. The number of halogens is 1. The fourth-order valence-corrected chi connectivity index (χ4v) is 2.74. The maximum atomic E-state index is 11.8. The van der Waals surface area contributed by atoms with E-state index >= 15 is 0 Å². The summed E-state index contributed by atoms with van der Waals surface area (Å²) < 4.78 is 5.09. The number of ether oxygens (including phenoxy) is 1. The third-order valence-electron chi connectivity index (χ3n) is 2.82. The Labute approximate surface area is 133 Å². The number of hydrogen-bond acceptors (Lipinski definition) is 6. The van der Waals surface area contributed by atoms with Gasteiger partial charge < -0.3 is 4.74 Å². The van der Waals surface area contributed by atoms with Gasteiger partial charge in [0.25, 0.3) is 5.69 Å². The molecule has 110 valence electrons. The first-order valence-electron chi connectivity index (χ1n) is 6.05. The van der Waals surface area contributed by atoms with Crippen LogP contribution in [0.1, 0.15) is 10.4 Å². The van der Waals surface area contributed by atoms with Crippen molar-refractivity contribution in [1.29, 1.82) is 0 Å². The molecule has 0 amide bonds. The number of benzene rings is 1. The minimum absolute atomic E-state index is 0.00632. The highest BCUT2D eigenvalue weighted by Gasteiger charge is 2.24. The molecule has 0 unspecified atom stereocenters. The Kier molecular flexibility index (Phi) is 3.74. The first kappa shape index (κ1) is 14.4. The average molecular weight is 335 g/mol. The Morgan fingerprint density at radius 1 is 1.36 bits per heavy atom. The van der Waals surface area contributed by atoms with E-state index in [2.05, 4.69) is 4.99 Å². The zero-order valence-corrected chi connectivity index (χ0v) is 12.4. The summed E-state index contributed by atoms with van der Waals surface area (Å²) in [7, 11) is 0. The summed E-state index contributed by atoms with van der Waals surface area (Å²) in [6.07, 6.45) is 1.47. The van der Waals surface area contributed by atoms with Crippen molar-refractivity contribution in [3.05, 3.63) is 67.0 Å². The topological polar surface area (TPSA) is 81.8 Å². The van der Waals surface area contributed by atoms with E-state index in [0.717, 1.165) is 4.88 Å². The van der Waals surface area contributed by atoms with Crippen LogP contribution < -0.4 is 0 Å². The normalized spacial score (nSPS) is 15.8. The number of carbonyl (C=O) groups excluding carboxylic acids is 1. The van der Waals surface area contributed by atoms with Gasteiger partial charge in [0.05, 0.1) is 9.80 Å². The molecule has 1 aromatic carbocycles. The number of hydrogen-bond donors (Lipinski definition) is 0. The molecule has 0 saturated heterocycles. The summed E-state index contributed by atoms with van der Waals surface area (Å²) in [5.74, 6) is -0.322. The maximum Gasteiger partial charge on any atom is 0.363 e. The lowest BCUT2D eigenvalue weighted by molar-refractivity contribution is -0.384. The molecule has 0 N–H and O–H groups in total. The third-order valence-corrected chi connectivity index (χ3v) is 3.98. The van der Waals surface area contributed by atoms with Crippen LogP contribution in [0.15, 0.2) is 46.4 Å². The molecule has 1 aliphatic heterocycles. The van der Waals surface area contributed by atoms with E-state index < -0.39 is 10.9 Å². The van der Waals surface area contributed by atoms with Crippen LogP contribution in [0.5, 0.6) is 0 Å². The molecular weight excluding hydrogens is 328 g/mol. The molecule has 0 atom stereocenters. The molecule has 0 fully saturated rings. The minimum atomic E-state index is -0.573. The van der Waals surface area contributed by atoms with Crippen LogP contribution in [0.4, 0.5) is 5.69 Å². The lowest BCUT2D eigenvalue weighted by Crippen LogP contribution is -2.03. The molecule has 0 radical (unpaired) electrons. The number of aliphatic imine (C=N–C) groups is 1. The molecule has 0 saturated carbocycles. The van der Waals surface area contributed by atoms with Crippen molar-refractivity contribution >= 4 is 46.6 Å². The number of cyclic esters (lactones) is 1. The van der Waals surface area contributed by atoms with E-state index in [1.807, 2.05) is 11.4 Å². The quantitative estimate of drug-likeness (QED) is 0.371. The van der Waals surface area contributed by atoms with Crippen LogP contribution in [-0.4, -0.2) is 16.8 Å². The van der Waals surface area contributed by atoms with Gasteiger partial charge in [-0.15, -0.1) is 11.3 Å². The third kappa shape index (κ3) is 2.76. The summed E-state index contributed by atoms with van der Waals surface area (Å²) >= 11 is 7.24. The van der Waals surface area contributed by atoms with Gasteiger partial charge >= 0.3 is 5.97 Å². The lowest BCUT2D eigenvalue weighted by Gasteiger charge is -1.97. The summed E-state index contributed by atoms with van der Waals surface area (Å²) in [4.78, 5) is 26.8. The Balaban J connectivity index is 1.93. The molecule has 22 heavy (non-hydrogen) atoms. The molecule has 1 aliphatic rings. The lowest BCUT2D eigenvalue weighted by atomic mass is 10.2. The highest BCUT2D eigenvalue weighted by atomic mass is 35.5. The summed E-state index contributed by atoms with van der Waals surface area (Å²) in [6, 6.07) is 7.79. The predicted octanol–water partition coefficient (Wildman–Crippen LogP) is 3.65. The van der Waals surface area contributed by atoms with E-state index in [1.54, 1.807) is 6.07 Å². The van der Waals surface area contributed by atoms with E-state index in [1.165, 1.54) is 35.6 Å². The summed E-state index contributed by atoms with van der Waals surface area (Å²) in [5.41, 5.74) is 0.452. The van der Waals surface area contributed by atoms with Crippen molar-refractivity contribution in [2.45, 2.75) is 0 Å². The second-order valence-corrected chi connectivity index (χ2v) is 5.64. The number of nitro benzene ring substituents is 1. The molecule has 0 spiro atoms. The fraction of sp³-hybridized carbons (Fsp3) is 0. The van der Waals surface area contributed by atoms with Gasteiger partial charge in [0.2, 0.25) is 5.90 Å². The van der Waals surface area contributed by atoms with Crippen molar-refractivity contribution in [3.8, 4) is 0 Å². The first-order chi connectivity index (χ1) is 10.5. The Bertz CT molecular complexity index is 827. The monoisotopic (exact) mass is 334 g/mol. The van der Waals surface area contributed by atoms with Crippen LogP contribution >= 0.6 is 22.9 Å². The molecule has 2 aromatic rings. The van der Waals surface area contributed by atoms with Crippen molar-refractivity contribution in [2.24, 2.45) is 4.99 Å². The number of nitrogens with zero attached hydrogens (tertiary/aromatic N) is 2. The molecular formula is C14H7ClN2O4S. The number of esters is 1. The number of carbonyl (C=O) groups is 1. The van der Waals surface area contributed by atoms with E-state index in [-0.39, 0.29) is 22.3 Å². The second-order valence-electron chi connectivity index (χ2n) is 4.28. The van der Waals surface area contributed by atoms with Crippen molar-refractivity contribution in [3.63, 3.8) is 0 Å². The molecule has 8 heteroatoms. The van der Waals surface area contributed by atoms with Gasteiger partial charge in [-0.3, -0.25) is 10.1 Å². The smallest absolute Gasteiger partial charge is 0.363 e. The van der Waals surface area contributed by atoms with Crippen LogP contribution in [0.25, 0.3) is 6.08 Å². The van der Waals surface area contributed by atoms with Crippen molar-refractivity contribution in [2.75, 3.05) is 0 Å². The van der Waals surface area contributed by atoms with Gasteiger partial charge in [0.15, 0.2) is 5.70 Å². The van der Waals surface area contributed by atoms with E-state index in [9.17, 15) is 14.9 Å². The Hall–Kier alpha value is -2.51. The molecule has 6 nitrogen and oxygen atoms in total. The summed E-state index contributed by atoms with van der Waals surface area (Å²) in [6.45, 7) is 0. The van der Waals surface area contributed by atoms with Crippen molar-refractivity contribution in [1.82, 2.24) is 0 Å². The molecule has 1 aromatic heterocycles. The van der Waals surface area contributed by atoms with Gasteiger partial charge in [-0.1, -0.05) is 17.7 Å². The highest BCUT2D eigenvalue weighted by molar-refractivity contribution is 7.12. The maximum absolute atomic E-state index is 11.8. The average Bonchev–Trinajstić information content (AvgIpc) is 3.09. The van der Waals surface area contributed by atoms with E-state index in [4.69, 9.17) is 16.3 Å². The largest absolute Gasteiger partial charge is 0.401 e. The Morgan fingerprint density at radius 3 is 2.82 bits per heavy atom. The van der Waals surface area contributed by atoms with Crippen LogP contribution in [0.3, 0.4) is 0 Å². The number of nitro groups is 1. The van der Waals surface area contributed by atoms with Crippen LogP contribution in [0, 0.1) is 10.1 Å². The van der Waals surface area contributed by atoms with E-state index in [0.29, 0.717) is 5.56 Å². The Morgan fingerprint density at radius 2 is 2.18 bits per heavy atom. The van der Waals surface area contributed by atoms with Gasteiger partial charge in [-0.05, 0) is 35.2 Å². The fourth-order valence-electron chi connectivity index (χ4n) is 1.83. The second kappa shape index (κ2) is 5.70. The van der Waals surface area contributed by atoms with Gasteiger partial charge in [0.1, 0.15) is 5.02 Å². The van der Waals surface area contributed by atoms with Gasteiger partial charge in [-0.2, -0.15) is 0 Å². The molecule has 3 rings (SSSR count). The number of thiophene rings is 1. The van der Waals surface area contributed by atoms with Crippen LogP contribution in [-0.2, 0) is 9.53 Å². The van der Waals surface area contributed by atoms with Crippen LogP contribution in [0.2, 0.25) is 5.02 Å². The molecule has 0 aliphatic carbocycles. The first-order valence-corrected chi connectivity index (χ1v) is 7.31. The highest BCUT2D eigenvalue weighted by Crippen LogP contribution is 2.27.